The van der Waals surface area contributed by atoms with Crippen LogP contribution < -0.4 is 0 Å². The number of hydrogen-bond donors (Lipinski definition) is 0. The molecule has 12 nitrogen and oxygen atoms in total. The fourth-order valence-electron chi connectivity index (χ4n) is 8.09. The molecule has 3 aliphatic heterocycles. The third-order valence-corrected chi connectivity index (χ3v) is 8.95. The van der Waals surface area contributed by atoms with E-state index < -0.39 is 88.4 Å². The number of rotatable bonds is 4. The first-order valence-corrected chi connectivity index (χ1v) is 11.8. The number of carbonyl (C=O) groups is 6. The Morgan fingerprint density at radius 2 is 1.64 bits per heavy atom. The molecule has 196 valence electrons. The van der Waals surface area contributed by atoms with E-state index in [1.807, 2.05) is 0 Å². The Kier molecular flexibility index (Phi) is 5.30. The molecule has 0 unspecified atom stereocenters. The van der Waals surface area contributed by atoms with Gasteiger partial charge in [0.2, 0.25) is 11.7 Å². The smallest absolute Gasteiger partial charge is 0.348 e. The number of methoxy groups -OCH3 is 1. The summed E-state index contributed by atoms with van der Waals surface area (Å²) in [6.45, 7) is 5.25. The highest BCUT2D eigenvalue weighted by Gasteiger charge is 2.87. The van der Waals surface area contributed by atoms with E-state index in [0.29, 0.717) is 0 Å². The standard InChI is InChI=1S/C24H28O12/c1-9(25)12-6-13-23-8-32-24(21(30)31-5,18(23)16(20(29)35-13)33-10(2)26)19(34-11(3)27)15-17(23)22(12,4)7-14(28)36-15/h12-13,15-19H,6-8H2,1-5H3/t12-,13+,15-,16+,17+,18+,19-,22-,23+,24-/m0/s1. The fraction of sp³-hybridized carbons (Fsp3) is 0.750. The maximum atomic E-state index is 13.5. The van der Waals surface area contributed by atoms with Crippen LogP contribution in [0.1, 0.15) is 40.5 Å². The van der Waals surface area contributed by atoms with E-state index >= 15 is 0 Å². The summed E-state index contributed by atoms with van der Waals surface area (Å²) in [5.41, 5.74) is -4.36. The molecule has 0 aromatic rings. The van der Waals surface area contributed by atoms with Crippen molar-refractivity contribution >= 4 is 35.6 Å². The molecule has 36 heavy (non-hydrogen) atoms. The SMILES string of the molecule is COC(=O)[C@]12OC[C@]34[C@@H]5[C@H](OC(=O)C[C@@]5(C)[C@H](C(C)=O)C[C@H]3OC(=O)[C@H](OC(C)=O)[C@@H]14)[C@@H]2OC(C)=O. The zero-order valence-electron chi connectivity index (χ0n) is 20.6. The number of Topliss-reactive ketones (excluding diaryl/α,β-unsaturated/α-hetero) is 1. The monoisotopic (exact) mass is 508 g/mol. The van der Waals surface area contributed by atoms with E-state index in [-0.39, 0.29) is 25.2 Å². The molecule has 0 amide bonds. The molecule has 2 bridgehead atoms. The van der Waals surface area contributed by atoms with Crippen LogP contribution in [0.15, 0.2) is 0 Å². The topological polar surface area (TPSA) is 158 Å². The fourth-order valence-corrected chi connectivity index (χ4v) is 8.09. The van der Waals surface area contributed by atoms with Gasteiger partial charge in [0.15, 0.2) is 6.10 Å². The van der Waals surface area contributed by atoms with Gasteiger partial charge < -0.3 is 28.4 Å². The van der Waals surface area contributed by atoms with Crippen molar-refractivity contribution in [2.75, 3.05) is 13.7 Å². The normalized spacial score (nSPS) is 46.0. The average Bonchev–Trinajstić information content (AvgIpc) is 3.06. The Balaban J connectivity index is 1.83. The molecule has 10 atom stereocenters. The first kappa shape index (κ1) is 24.7. The predicted molar refractivity (Wildman–Crippen MR) is 112 cm³/mol. The van der Waals surface area contributed by atoms with Gasteiger partial charge in [0.1, 0.15) is 18.0 Å². The first-order valence-electron chi connectivity index (χ1n) is 11.8. The van der Waals surface area contributed by atoms with E-state index in [1.165, 1.54) is 6.92 Å². The average molecular weight is 508 g/mol. The molecule has 2 aliphatic carbocycles. The first-order chi connectivity index (χ1) is 16.8. The molecule has 0 radical (unpaired) electrons. The van der Waals surface area contributed by atoms with Crippen molar-refractivity contribution in [1.82, 2.24) is 0 Å². The Bertz CT molecular complexity index is 1080. The summed E-state index contributed by atoms with van der Waals surface area (Å²) in [4.78, 5) is 76.9. The second-order valence-corrected chi connectivity index (χ2v) is 10.7. The van der Waals surface area contributed by atoms with E-state index in [2.05, 4.69) is 0 Å². The van der Waals surface area contributed by atoms with Crippen molar-refractivity contribution in [2.24, 2.45) is 28.6 Å². The largest absolute Gasteiger partial charge is 0.467 e. The molecular weight excluding hydrogens is 480 g/mol. The third-order valence-electron chi connectivity index (χ3n) is 8.95. The highest BCUT2D eigenvalue weighted by Crippen LogP contribution is 2.73. The van der Waals surface area contributed by atoms with E-state index in [4.69, 9.17) is 28.4 Å². The summed E-state index contributed by atoms with van der Waals surface area (Å²) in [7, 11) is 1.10. The lowest BCUT2D eigenvalue weighted by molar-refractivity contribution is -0.305. The van der Waals surface area contributed by atoms with Crippen molar-refractivity contribution in [1.29, 1.82) is 0 Å². The van der Waals surface area contributed by atoms with Gasteiger partial charge in [-0.05, 0) is 18.8 Å². The molecule has 12 heteroatoms. The van der Waals surface area contributed by atoms with Crippen LogP contribution in [-0.4, -0.2) is 79.4 Å². The highest BCUT2D eigenvalue weighted by atomic mass is 16.6. The van der Waals surface area contributed by atoms with Crippen molar-refractivity contribution in [2.45, 2.75) is 70.6 Å². The quantitative estimate of drug-likeness (QED) is 0.367. The highest BCUT2D eigenvalue weighted by molar-refractivity contribution is 5.89. The molecule has 5 rings (SSSR count). The zero-order valence-corrected chi connectivity index (χ0v) is 20.6. The summed E-state index contributed by atoms with van der Waals surface area (Å²) < 4.78 is 33.9. The van der Waals surface area contributed by atoms with Crippen LogP contribution in [0.25, 0.3) is 0 Å². The van der Waals surface area contributed by atoms with Gasteiger partial charge in [-0.3, -0.25) is 19.2 Å². The second kappa shape index (κ2) is 7.74. The van der Waals surface area contributed by atoms with Crippen molar-refractivity contribution in [3.63, 3.8) is 0 Å². The van der Waals surface area contributed by atoms with Gasteiger partial charge >= 0.3 is 29.8 Å². The number of ether oxygens (including phenoxy) is 6. The lowest BCUT2D eigenvalue weighted by Crippen LogP contribution is -2.81. The number of esters is 5. The summed E-state index contributed by atoms with van der Waals surface area (Å²) in [5, 5.41) is 0. The van der Waals surface area contributed by atoms with E-state index in [0.717, 1.165) is 21.0 Å². The third kappa shape index (κ3) is 2.84. The molecular formula is C24H28O12. The molecule has 3 saturated heterocycles. The lowest BCUT2D eigenvalue weighted by atomic mass is 9.38. The Labute approximate surface area is 206 Å². The summed E-state index contributed by atoms with van der Waals surface area (Å²) >= 11 is 0. The van der Waals surface area contributed by atoms with Crippen LogP contribution in [0.2, 0.25) is 0 Å². The molecule has 1 spiro atoms. The molecule has 2 saturated carbocycles. The van der Waals surface area contributed by atoms with E-state index in [9.17, 15) is 28.8 Å². The van der Waals surface area contributed by atoms with Gasteiger partial charge in [-0.1, -0.05) is 6.92 Å². The summed E-state index contributed by atoms with van der Waals surface area (Å²) in [6, 6.07) is 0. The summed E-state index contributed by atoms with van der Waals surface area (Å²) in [5.74, 6) is -6.94. The number of ketones is 1. The van der Waals surface area contributed by atoms with Gasteiger partial charge in [-0.25, -0.2) is 9.59 Å². The minimum absolute atomic E-state index is 0.0796. The van der Waals surface area contributed by atoms with Crippen LogP contribution in [0, 0.1) is 28.6 Å². The molecule has 0 aromatic heterocycles. The van der Waals surface area contributed by atoms with Crippen LogP contribution in [0.3, 0.4) is 0 Å². The van der Waals surface area contributed by atoms with Crippen molar-refractivity contribution in [3.05, 3.63) is 0 Å². The van der Waals surface area contributed by atoms with Crippen LogP contribution in [0.5, 0.6) is 0 Å². The minimum atomic E-state index is -2.14. The van der Waals surface area contributed by atoms with Gasteiger partial charge in [0.25, 0.3) is 0 Å². The van der Waals surface area contributed by atoms with Crippen LogP contribution in [0.4, 0.5) is 0 Å². The Morgan fingerprint density at radius 3 is 2.22 bits per heavy atom. The van der Waals surface area contributed by atoms with E-state index in [1.54, 1.807) is 6.92 Å². The van der Waals surface area contributed by atoms with Crippen molar-refractivity contribution in [3.8, 4) is 0 Å². The molecule has 5 aliphatic rings. The maximum absolute atomic E-state index is 13.5. The molecule has 5 fully saturated rings. The lowest BCUT2D eigenvalue weighted by Gasteiger charge is -2.67. The van der Waals surface area contributed by atoms with Crippen molar-refractivity contribution < 1.29 is 57.2 Å². The Morgan fingerprint density at radius 1 is 0.972 bits per heavy atom. The maximum Gasteiger partial charge on any atom is 0.348 e. The van der Waals surface area contributed by atoms with Gasteiger partial charge in [-0.2, -0.15) is 0 Å². The Hall–Kier alpha value is -3.02. The predicted octanol–water partition coefficient (Wildman–Crippen LogP) is -0.120. The van der Waals surface area contributed by atoms with Crippen LogP contribution >= 0.6 is 0 Å². The minimum Gasteiger partial charge on any atom is -0.467 e. The number of carbonyl (C=O) groups excluding carboxylic acids is 6. The van der Waals surface area contributed by atoms with Gasteiger partial charge in [-0.15, -0.1) is 0 Å². The zero-order chi connectivity index (χ0) is 26.4. The molecule has 3 heterocycles. The molecule has 0 aromatic carbocycles. The second-order valence-electron chi connectivity index (χ2n) is 10.7. The van der Waals surface area contributed by atoms with Gasteiger partial charge in [0.05, 0.1) is 26.1 Å². The molecule has 0 N–H and O–H groups in total. The van der Waals surface area contributed by atoms with Gasteiger partial charge in [0, 0.05) is 31.1 Å². The van der Waals surface area contributed by atoms with Crippen LogP contribution in [-0.2, 0) is 57.2 Å². The summed E-state index contributed by atoms with van der Waals surface area (Å²) in [6.07, 6.45) is -5.29. The number of hydrogen-bond acceptors (Lipinski definition) is 12.